The predicted molar refractivity (Wildman–Crippen MR) is 129 cm³/mol. The lowest BCUT2D eigenvalue weighted by Crippen LogP contribution is -2.45. The van der Waals surface area contributed by atoms with Crippen LogP contribution < -0.4 is 20.1 Å². The molecule has 162 valence electrons. The van der Waals surface area contributed by atoms with Crippen LogP contribution in [-0.2, 0) is 0 Å². The van der Waals surface area contributed by atoms with Gasteiger partial charge in [0, 0.05) is 19.2 Å². The van der Waals surface area contributed by atoms with Crippen molar-refractivity contribution in [3.8, 4) is 11.5 Å². The van der Waals surface area contributed by atoms with Crippen LogP contribution in [0.5, 0.6) is 11.5 Å². The number of guanidine groups is 1. The summed E-state index contributed by atoms with van der Waals surface area (Å²) in [6, 6.07) is 8.03. The summed E-state index contributed by atoms with van der Waals surface area (Å²) in [6.07, 6.45) is 2.31. The normalized spacial score (nSPS) is 13.5. The third-order valence-electron chi connectivity index (χ3n) is 4.55. The topological polar surface area (TPSA) is 58.1 Å². The molecule has 0 spiro atoms. The van der Waals surface area contributed by atoms with Crippen molar-refractivity contribution in [3.05, 3.63) is 24.3 Å². The Morgan fingerprint density at radius 2 is 1.86 bits per heavy atom. The fourth-order valence-electron chi connectivity index (χ4n) is 2.85. The van der Waals surface area contributed by atoms with Crippen molar-refractivity contribution in [1.82, 2.24) is 15.5 Å². The highest BCUT2D eigenvalue weighted by Crippen LogP contribution is 2.19. The van der Waals surface area contributed by atoms with E-state index in [1.165, 1.54) is 6.42 Å². The lowest BCUT2D eigenvalue weighted by atomic mass is 10.2. The molecular weight excluding hydrogens is 467 g/mol. The largest absolute Gasteiger partial charge is 0.497 e. The maximum Gasteiger partial charge on any atom is 0.191 e. The number of methoxy groups -OCH3 is 1. The average Bonchev–Trinajstić information content (AvgIpc) is 2.68. The van der Waals surface area contributed by atoms with E-state index in [-0.39, 0.29) is 30.1 Å². The highest BCUT2D eigenvalue weighted by atomic mass is 127. The zero-order valence-corrected chi connectivity index (χ0v) is 20.7. The van der Waals surface area contributed by atoms with Gasteiger partial charge in [-0.05, 0) is 58.5 Å². The molecule has 2 N–H and O–H groups in total. The molecule has 0 aliphatic rings. The highest BCUT2D eigenvalue weighted by Gasteiger charge is 2.09. The number of nitrogens with one attached hydrogen (secondary N) is 2. The molecule has 2 unspecified atom stereocenters. The number of rotatable bonds is 12. The van der Waals surface area contributed by atoms with Crippen molar-refractivity contribution in [1.29, 1.82) is 0 Å². The number of benzene rings is 1. The van der Waals surface area contributed by atoms with E-state index < -0.39 is 0 Å². The molecule has 28 heavy (non-hydrogen) atoms. The van der Waals surface area contributed by atoms with E-state index in [0.29, 0.717) is 12.6 Å². The van der Waals surface area contributed by atoms with E-state index in [2.05, 4.69) is 41.3 Å². The van der Waals surface area contributed by atoms with Gasteiger partial charge in [-0.15, -0.1) is 24.0 Å². The maximum atomic E-state index is 5.94. The van der Waals surface area contributed by atoms with Crippen LogP contribution in [0.1, 0.15) is 40.5 Å². The van der Waals surface area contributed by atoms with Gasteiger partial charge in [0.05, 0.1) is 13.7 Å². The van der Waals surface area contributed by atoms with Gasteiger partial charge >= 0.3 is 0 Å². The van der Waals surface area contributed by atoms with Crippen LogP contribution >= 0.6 is 24.0 Å². The van der Waals surface area contributed by atoms with Crippen molar-refractivity contribution in [2.45, 2.75) is 52.7 Å². The van der Waals surface area contributed by atoms with Gasteiger partial charge in [0.1, 0.15) is 17.6 Å². The number of nitrogens with zero attached hydrogens (tertiary/aromatic N) is 2. The summed E-state index contributed by atoms with van der Waals surface area (Å²) in [7, 11) is 3.45. The summed E-state index contributed by atoms with van der Waals surface area (Å²) in [5.41, 5.74) is 0. The Hall–Kier alpha value is -1.22. The lowest BCUT2D eigenvalue weighted by molar-refractivity contribution is 0.222. The molecule has 7 heteroatoms. The molecule has 0 amide bonds. The quantitative estimate of drug-likeness (QED) is 0.257. The molecule has 0 fully saturated rings. The molecule has 0 saturated carbocycles. The van der Waals surface area contributed by atoms with Crippen molar-refractivity contribution in [2.75, 3.05) is 40.3 Å². The van der Waals surface area contributed by atoms with Gasteiger partial charge in [0.15, 0.2) is 5.96 Å². The van der Waals surface area contributed by atoms with E-state index in [9.17, 15) is 0 Å². The maximum absolute atomic E-state index is 5.94. The number of hydrogen-bond acceptors (Lipinski definition) is 4. The van der Waals surface area contributed by atoms with Crippen LogP contribution in [0.4, 0.5) is 0 Å². The minimum Gasteiger partial charge on any atom is -0.497 e. The van der Waals surface area contributed by atoms with Crippen LogP contribution in [0, 0.1) is 0 Å². The van der Waals surface area contributed by atoms with Crippen molar-refractivity contribution < 1.29 is 9.47 Å². The van der Waals surface area contributed by atoms with E-state index in [1.807, 2.05) is 31.2 Å². The van der Waals surface area contributed by atoms with Crippen LogP contribution in [0.2, 0.25) is 0 Å². The standard InChI is InChI=1S/C21H38N4O2.HI/c1-7-25(8-2)14-10-11-17(3)24-21(22-5)23-16-18(4)27-20-13-9-12-19(15-20)26-6;/h9,12-13,15,17-18H,7-8,10-11,14,16H2,1-6H3,(H2,22,23,24);1H. The van der Waals surface area contributed by atoms with Gasteiger partial charge in [-0.25, -0.2) is 0 Å². The van der Waals surface area contributed by atoms with Crippen LogP contribution in [0.15, 0.2) is 29.3 Å². The lowest BCUT2D eigenvalue weighted by Gasteiger charge is -2.22. The van der Waals surface area contributed by atoms with Crippen molar-refractivity contribution >= 4 is 29.9 Å². The molecular formula is C21H39IN4O2. The third kappa shape index (κ3) is 10.9. The Morgan fingerprint density at radius 1 is 1.18 bits per heavy atom. The van der Waals surface area contributed by atoms with Gasteiger partial charge in [0.2, 0.25) is 0 Å². The summed E-state index contributed by atoms with van der Waals surface area (Å²) in [5, 5.41) is 6.80. The Labute approximate surface area is 188 Å². The molecule has 1 rings (SSSR count). The Bertz CT molecular complexity index is 553. The molecule has 2 atom stereocenters. The zero-order chi connectivity index (χ0) is 20.1. The number of hydrogen-bond donors (Lipinski definition) is 2. The molecule has 1 aromatic carbocycles. The Balaban J connectivity index is 0.00000729. The number of halogens is 1. The molecule has 0 radical (unpaired) electrons. The Morgan fingerprint density at radius 3 is 2.46 bits per heavy atom. The summed E-state index contributed by atoms with van der Waals surface area (Å²) >= 11 is 0. The predicted octanol–water partition coefficient (Wildman–Crippen LogP) is 3.76. The first-order valence-electron chi connectivity index (χ1n) is 10.0. The van der Waals surface area contributed by atoms with Gasteiger partial charge in [-0.3, -0.25) is 4.99 Å². The van der Waals surface area contributed by atoms with Gasteiger partial charge in [-0.2, -0.15) is 0 Å². The fourth-order valence-corrected chi connectivity index (χ4v) is 2.85. The summed E-state index contributed by atoms with van der Waals surface area (Å²) in [6.45, 7) is 12.7. The van der Waals surface area contributed by atoms with E-state index >= 15 is 0 Å². The smallest absolute Gasteiger partial charge is 0.191 e. The number of ether oxygens (including phenoxy) is 2. The molecule has 0 aliphatic carbocycles. The fraction of sp³-hybridized carbons (Fsp3) is 0.667. The van der Waals surface area contributed by atoms with Crippen molar-refractivity contribution in [3.63, 3.8) is 0 Å². The van der Waals surface area contributed by atoms with Crippen LogP contribution in [0.25, 0.3) is 0 Å². The molecule has 0 aliphatic heterocycles. The monoisotopic (exact) mass is 506 g/mol. The molecule has 0 aromatic heterocycles. The van der Waals surface area contributed by atoms with E-state index in [4.69, 9.17) is 9.47 Å². The molecule has 6 nitrogen and oxygen atoms in total. The van der Waals surface area contributed by atoms with Gasteiger partial charge < -0.3 is 25.0 Å². The molecule has 1 aromatic rings. The van der Waals surface area contributed by atoms with Crippen molar-refractivity contribution in [2.24, 2.45) is 4.99 Å². The third-order valence-corrected chi connectivity index (χ3v) is 4.55. The second kappa shape index (κ2) is 15.7. The zero-order valence-electron chi connectivity index (χ0n) is 18.3. The average molecular weight is 506 g/mol. The van der Waals surface area contributed by atoms with Gasteiger partial charge in [-0.1, -0.05) is 19.9 Å². The minimum atomic E-state index is 0. The first kappa shape index (κ1) is 26.8. The Kier molecular flexibility index (Phi) is 15.0. The van der Waals surface area contributed by atoms with Crippen LogP contribution in [0.3, 0.4) is 0 Å². The molecule has 0 saturated heterocycles. The summed E-state index contributed by atoms with van der Waals surface area (Å²) < 4.78 is 11.2. The minimum absolute atomic E-state index is 0. The van der Waals surface area contributed by atoms with E-state index in [0.717, 1.165) is 43.5 Å². The second-order valence-corrected chi connectivity index (χ2v) is 6.78. The van der Waals surface area contributed by atoms with Gasteiger partial charge in [0.25, 0.3) is 0 Å². The first-order chi connectivity index (χ1) is 13.0. The summed E-state index contributed by atoms with van der Waals surface area (Å²) in [4.78, 5) is 6.77. The second-order valence-electron chi connectivity index (χ2n) is 6.78. The summed E-state index contributed by atoms with van der Waals surface area (Å²) in [5.74, 6) is 2.41. The SMILES string of the molecule is CCN(CC)CCCC(C)NC(=NC)NCC(C)Oc1cccc(OC)c1.I. The van der Waals surface area contributed by atoms with Crippen LogP contribution in [-0.4, -0.2) is 63.3 Å². The first-order valence-corrected chi connectivity index (χ1v) is 10.0. The highest BCUT2D eigenvalue weighted by molar-refractivity contribution is 14.0. The van der Waals surface area contributed by atoms with E-state index in [1.54, 1.807) is 14.2 Å². The molecule has 0 bridgehead atoms. The number of aliphatic imine (C=N–C) groups is 1. The molecule has 0 heterocycles.